The number of aromatic nitrogens is 2. The molecule has 0 N–H and O–H groups in total. The van der Waals surface area contributed by atoms with Crippen LogP contribution in [0.25, 0.3) is 22.2 Å². The lowest BCUT2D eigenvalue weighted by Gasteiger charge is -1.97. The molecule has 0 saturated heterocycles. The smallest absolute Gasteiger partial charge is 0.268 e. The van der Waals surface area contributed by atoms with Gasteiger partial charge in [-0.3, -0.25) is 0 Å². The maximum atomic E-state index is 13.5. The third-order valence-corrected chi connectivity index (χ3v) is 3.20. The summed E-state index contributed by atoms with van der Waals surface area (Å²) in [5.41, 5.74) is -0.274. The molecule has 0 amide bonds. The zero-order valence-electron chi connectivity index (χ0n) is 8.93. The van der Waals surface area contributed by atoms with Gasteiger partial charge < -0.3 is 4.52 Å². The van der Waals surface area contributed by atoms with Crippen LogP contribution in [0.1, 0.15) is 0 Å². The molecule has 3 aromatic rings. The Labute approximate surface area is 105 Å². The van der Waals surface area contributed by atoms with Crippen molar-refractivity contribution in [2.24, 2.45) is 0 Å². The van der Waals surface area contributed by atoms with Crippen LogP contribution < -0.4 is 0 Å². The second-order valence-electron chi connectivity index (χ2n) is 3.50. The first-order chi connectivity index (χ1) is 8.75. The van der Waals surface area contributed by atoms with Crippen molar-refractivity contribution in [3.05, 3.63) is 47.3 Å². The molecule has 0 atom stereocenters. The van der Waals surface area contributed by atoms with Crippen molar-refractivity contribution in [1.82, 2.24) is 10.1 Å². The van der Waals surface area contributed by atoms with Gasteiger partial charge in [0, 0.05) is 0 Å². The Morgan fingerprint density at radius 1 is 1.06 bits per heavy atom. The number of thiophene rings is 1. The second kappa shape index (κ2) is 4.30. The van der Waals surface area contributed by atoms with Gasteiger partial charge in [-0.2, -0.15) is 4.98 Å². The van der Waals surface area contributed by atoms with E-state index in [1.807, 2.05) is 11.4 Å². The van der Waals surface area contributed by atoms with Gasteiger partial charge in [-0.25, -0.2) is 8.78 Å². The molecule has 0 aliphatic carbocycles. The average Bonchev–Trinajstić information content (AvgIpc) is 2.99. The Hall–Kier alpha value is -2.08. The molecule has 1 aromatic carbocycles. The van der Waals surface area contributed by atoms with Gasteiger partial charge in [-0.15, -0.1) is 11.3 Å². The van der Waals surface area contributed by atoms with E-state index in [1.165, 1.54) is 17.4 Å². The third kappa shape index (κ3) is 1.80. The molecule has 0 bridgehead atoms. The van der Waals surface area contributed by atoms with E-state index in [-0.39, 0.29) is 17.3 Å². The first-order valence-corrected chi connectivity index (χ1v) is 5.95. The van der Waals surface area contributed by atoms with Crippen molar-refractivity contribution < 1.29 is 13.3 Å². The summed E-state index contributed by atoms with van der Waals surface area (Å²) >= 11 is 1.41. The van der Waals surface area contributed by atoms with Crippen molar-refractivity contribution in [1.29, 1.82) is 0 Å². The zero-order chi connectivity index (χ0) is 12.5. The van der Waals surface area contributed by atoms with Crippen LogP contribution in [0.15, 0.2) is 40.2 Å². The Bertz CT molecular complexity index is 659. The molecule has 0 fully saturated rings. The predicted molar refractivity (Wildman–Crippen MR) is 63.0 cm³/mol. The fourth-order valence-electron chi connectivity index (χ4n) is 1.54. The lowest BCUT2D eigenvalue weighted by atomic mass is 10.2. The zero-order valence-corrected chi connectivity index (χ0v) is 9.75. The number of hydrogen-bond donors (Lipinski definition) is 0. The molecule has 2 heterocycles. The fraction of sp³-hybridized carbons (Fsp3) is 0. The minimum absolute atomic E-state index is 0.0889. The van der Waals surface area contributed by atoms with Crippen LogP contribution in [0.3, 0.4) is 0 Å². The summed E-state index contributed by atoms with van der Waals surface area (Å²) in [4.78, 5) is 4.75. The van der Waals surface area contributed by atoms with Gasteiger partial charge in [0.2, 0.25) is 5.82 Å². The van der Waals surface area contributed by atoms with E-state index < -0.39 is 11.6 Å². The average molecular weight is 264 g/mol. The van der Waals surface area contributed by atoms with Crippen molar-refractivity contribution in [2.45, 2.75) is 0 Å². The van der Waals surface area contributed by atoms with Crippen molar-refractivity contribution in [3.63, 3.8) is 0 Å². The molecule has 3 nitrogen and oxygen atoms in total. The van der Waals surface area contributed by atoms with E-state index in [1.54, 1.807) is 6.07 Å². The molecule has 0 aliphatic heterocycles. The van der Waals surface area contributed by atoms with Crippen molar-refractivity contribution >= 4 is 11.3 Å². The normalized spacial score (nSPS) is 10.8. The highest BCUT2D eigenvalue weighted by Crippen LogP contribution is 2.28. The van der Waals surface area contributed by atoms with Gasteiger partial charge in [0.1, 0.15) is 11.6 Å². The van der Waals surface area contributed by atoms with Crippen LogP contribution in [-0.2, 0) is 0 Å². The molecule has 0 unspecified atom stereocenters. The summed E-state index contributed by atoms with van der Waals surface area (Å²) in [7, 11) is 0. The standard InChI is InChI=1S/C12H6F2N2OS/c13-7-3-1-4-8(14)10(7)11-15-12(17-16-11)9-5-2-6-18-9/h1-6H. The summed E-state index contributed by atoms with van der Waals surface area (Å²) in [5.74, 6) is -1.27. The molecule has 6 heteroatoms. The van der Waals surface area contributed by atoms with Crippen LogP contribution in [-0.4, -0.2) is 10.1 Å². The first-order valence-electron chi connectivity index (χ1n) is 5.07. The lowest BCUT2D eigenvalue weighted by molar-refractivity contribution is 0.432. The van der Waals surface area contributed by atoms with E-state index in [0.29, 0.717) is 0 Å². The van der Waals surface area contributed by atoms with Gasteiger partial charge in [0.25, 0.3) is 5.89 Å². The number of rotatable bonds is 2. The molecule has 0 spiro atoms. The molecule has 2 aromatic heterocycles. The number of halogens is 2. The Kier molecular flexibility index (Phi) is 2.64. The fourth-order valence-corrected chi connectivity index (χ4v) is 2.18. The maximum Gasteiger partial charge on any atom is 0.268 e. The number of hydrogen-bond acceptors (Lipinski definition) is 4. The van der Waals surface area contributed by atoms with Crippen LogP contribution in [0.4, 0.5) is 8.78 Å². The van der Waals surface area contributed by atoms with Gasteiger partial charge in [-0.1, -0.05) is 17.3 Å². The molecule has 0 saturated carbocycles. The molecular formula is C12H6F2N2OS. The summed E-state index contributed by atoms with van der Waals surface area (Å²) in [6.07, 6.45) is 0. The molecule has 3 rings (SSSR count). The van der Waals surface area contributed by atoms with Gasteiger partial charge >= 0.3 is 0 Å². The summed E-state index contributed by atoms with van der Waals surface area (Å²) < 4.78 is 32.0. The molecule has 0 aliphatic rings. The molecular weight excluding hydrogens is 258 g/mol. The monoisotopic (exact) mass is 264 g/mol. The lowest BCUT2D eigenvalue weighted by Crippen LogP contribution is -1.91. The number of benzene rings is 1. The van der Waals surface area contributed by atoms with Crippen LogP contribution >= 0.6 is 11.3 Å². The van der Waals surface area contributed by atoms with Crippen LogP contribution in [0.5, 0.6) is 0 Å². The van der Waals surface area contributed by atoms with E-state index >= 15 is 0 Å². The van der Waals surface area contributed by atoms with E-state index in [9.17, 15) is 8.78 Å². The molecule has 0 radical (unpaired) electrons. The van der Waals surface area contributed by atoms with Gasteiger partial charge in [-0.05, 0) is 23.6 Å². The van der Waals surface area contributed by atoms with E-state index in [2.05, 4.69) is 10.1 Å². The molecule has 90 valence electrons. The quantitative estimate of drug-likeness (QED) is 0.707. The highest BCUT2D eigenvalue weighted by molar-refractivity contribution is 7.13. The van der Waals surface area contributed by atoms with Gasteiger partial charge in [0.05, 0.1) is 10.4 Å². The van der Waals surface area contributed by atoms with Crippen LogP contribution in [0, 0.1) is 11.6 Å². The predicted octanol–water partition coefficient (Wildman–Crippen LogP) is 3.74. The van der Waals surface area contributed by atoms with Crippen molar-refractivity contribution in [3.8, 4) is 22.2 Å². The van der Waals surface area contributed by atoms with E-state index in [4.69, 9.17) is 4.52 Å². The Balaban J connectivity index is 2.09. The minimum atomic E-state index is -0.714. The summed E-state index contributed by atoms with van der Waals surface area (Å²) in [6, 6.07) is 7.21. The highest BCUT2D eigenvalue weighted by atomic mass is 32.1. The van der Waals surface area contributed by atoms with Crippen molar-refractivity contribution in [2.75, 3.05) is 0 Å². The number of nitrogens with zero attached hydrogens (tertiary/aromatic N) is 2. The Morgan fingerprint density at radius 3 is 2.50 bits per heavy atom. The third-order valence-electron chi connectivity index (χ3n) is 2.34. The van der Waals surface area contributed by atoms with Crippen LogP contribution in [0.2, 0.25) is 0 Å². The summed E-state index contributed by atoms with van der Waals surface area (Å²) in [6.45, 7) is 0. The largest absolute Gasteiger partial charge is 0.333 e. The topological polar surface area (TPSA) is 38.9 Å². The first kappa shape index (κ1) is 11.0. The minimum Gasteiger partial charge on any atom is -0.333 e. The Morgan fingerprint density at radius 2 is 1.83 bits per heavy atom. The second-order valence-corrected chi connectivity index (χ2v) is 4.44. The van der Waals surface area contributed by atoms with E-state index in [0.717, 1.165) is 17.0 Å². The summed E-state index contributed by atoms with van der Waals surface area (Å²) in [5, 5.41) is 5.45. The highest BCUT2D eigenvalue weighted by Gasteiger charge is 2.18. The molecule has 18 heavy (non-hydrogen) atoms. The van der Waals surface area contributed by atoms with Gasteiger partial charge in [0.15, 0.2) is 0 Å². The SMILES string of the molecule is Fc1cccc(F)c1-c1noc(-c2cccs2)n1. The maximum absolute atomic E-state index is 13.5.